The maximum absolute atomic E-state index is 14.5. The number of Topliss-reactive ketones (excluding diaryl/α,β-unsaturated/α-hetero) is 3. The number of hydrogen-bond acceptors (Lipinski definition) is 14. The van der Waals surface area contributed by atoms with E-state index >= 15 is 0 Å². The van der Waals surface area contributed by atoms with Crippen LogP contribution in [0.1, 0.15) is 139 Å². The lowest BCUT2D eigenvalue weighted by molar-refractivity contribution is -0.266. The molecule has 3 fully saturated rings. The zero-order chi connectivity index (χ0) is 51.7. The summed E-state index contributed by atoms with van der Waals surface area (Å²) in [4.78, 5) is 72.4. The largest absolute Gasteiger partial charge is 0.460 e. The molecule has 4 rings (SSSR count). The van der Waals surface area contributed by atoms with Crippen LogP contribution in [0.2, 0.25) is 0 Å². The fraction of sp³-hybridized carbons (Fsp3) is 0.764. The molecule has 0 aromatic carbocycles. The van der Waals surface area contributed by atoms with Crippen LogP contribution in [0.25, 0.3) is 0 Å². The molecule has 0 radical (unpaired) electrons. The van der Waals surface area contributed by atoms with Crippen molar-refractivity contribution in [1.29, 1.82) is 0 Å². The minimum Gasteiger partial charge on any atom is -0.460 e. The van der Waals surface area contributed by atoms with Crippen molar-refractivity contribution in [3.05, 3.63) is 47.6 Å². The molecule has 1 aliphatic carbocycles. The Bertz CT molecular complexity index is 1840. The van der Waals surface area contributed by atoms with Crippen LogP contribution in [0.5, 0.6) is 0 Å². The SMILES string of the molecule is CCCOCCO[C@H]1C[C@@H]2CC[C@@H](C)[C@@](O)(O2)C(=O)C(=O)N2CCCC[C@H]2C(=O)O[C@H]([C@H](C)C[C@@H]2CC[C@@H](O)[C@H](OC)C2)CC(=O)[C@H](C)/C=C(\C)[C@@H](O)[C@@H](OC)C(=O)[C@H](C)C[C@H](C)/C=C/C=C/C=C/1C. The van der Waals surface area contributed by atoms with Crippen LogP contribution < -0.4 is 0 Å². The number of esters is 1. The van der Waals surface area contributed by atoms with Crippen molar-refractivity contribution in [2.45, 2.75) is 193 Å². The summed E-state index contributed by atoms with van der Waals surface area (Å²) in [6.45, 7) is 16.1. The number of amides is 1. The molecule has 0 aromatic heterocycles. The number of ketones is 3. The number of cyclic esters (lactones) is 1. The number of aliphatic hydroxyl groups is 3. The minimum atomic E-state index is -2.46. The maximum Gasteiger partial charge on any atom is 0.329 e. The van der Waals surface area contributed by atoms with Gasteiger partial charge in [-0.3, -0.25) is 19.2 Å². The van der Waals surface area contributed by atoms with Gasteiger partial charge in [0.25, 0.3) is 11.7 Å². The van der Waals surface area contributed by atoms with Gasteiger partial charge in [-0.2, -0.15) is 0 Å². The van der Waals surface area contributed by atoms with Crippen LogP contribution in [-0.2, 0) is 52.4 Å². The molecule has 3 aliphatic heterocycles. The second-order valence-electron chi connectivity index (χ2n) is 20.8. The van der Waals surface area contributed by atoms with Gasteiger partial charge in [-0.25, -0.2) is 4.79 Å². The molecule has 0 aromatic rings. The number of allylic oxidation sites excluding steroid dienone is 6. The van der Waals surface area contributed by atoms with E-state index in [-0.39, 0.29) is 61.2 Å². The van der Waals surface area contributed by atoms with Crippen LogP contribution in [0, 0.1) is 35.5 Å². The van der Waals surface area contributed by atoms with Crippen molar-refractivity contribution in [2.75, 3.05) is 40.6 Å². The van der Waals surface area contributed by atoms with Gasteiger partial charge in [-0.1, -0.05) is 78.0 Å². The fourth-order valence-corrected chi connectivity index (χ4v) is 10.5. The Labute approximate surface area is 417 Å². The number of methoxy groups -OCH3 is 2. The van der Waals surface area contributed by atoms with Crippen molar-refractivity contribution >= 4 is 29.2 Å². The average Bonchev–Trinajstić information content (AvgIpc) is 3.33. The Kier molecular flexibility index (Phi) is 24.3. The van der Waals surface area contributed by atoms with E-state index in [0.717, 1.165) is 18.4 Å². The third kappa shape index (κ3) is 16.6. The molecular weight excluding hydrogens is 899 g/mol. The summed E-state index contributed by atoms with van der Waals surface area (Å²) >= 11 is 0. The number of carbonyl (C=O) groups excluding carboxylic acids is 5. The van der Waals surface area contributed by atoms with Crippen molar-refractivity contribution in [3.63, 3.8) is 0 Å². The van der Waals surface area contributed by atoms with Gasteiger partial charge in [0.1, 0.15) is 30.1 Å². The molecule has 4 aliphatic rings. The highest BCUT2D eigenvalue weighted by molar-refractivity contribution is 6.39. The number of rotatable bonds is 11. The summed E-state index contributed by atoms with van der Waals surface area (Å²) in [5.41, 5.74) is 1.25. The van der Waals surface area contributed by atoms with Gasteiger partial charge in [-0.05, 0) is 113 Å². The Hall–Kier alpha value is -3.41. The Morgan fingerprint density at radius 2 is 1.60 bits per heavy atom. The first-order valence-electron chi connectivity index (χ1n) is 26.1. The highest BCUT2D eigenvalue weighted by atomic mass is 16.6. The standard InChI is InChI=1S/C55H87NO14/c1-11-25-67-26-27-68-46-32-42-22-20-40(8)55(64,70-42)52(61)53(62)56-24-16-15-19-43(56)54(63)69-47(37(5)30-41-21-23-44(57)48(31-41)65-9)33-45(58)36(4)29-39(7)50(60)51(66-10)49(59)38(6)28-34(2)17-13-12-14-18-35(46)3/h12-14,17-18,29,34,36-38,40-44,46-48,50-51,57,60,64H,11,15-16,19-28,30-33H2,1-10H3/b14-12+,17-13+,35-18+,39-29+/t34-,36-,37-,38-,40-,41+,42+,43+,44-,46+,47+,48-,50-,51+,55-/m1/s1. The monoisotopic (exact) mass is 986 g/mol. The predicted molar refractivity (Wildman–Crippen MR) is 265 cm³/mol. The minimum absolute atomic E-state index is 0.00309. The highest BCUT2D eigenvalue weighted by Crippen LogP contribution is 2.38. The summed E-state index contributed by atoms with van der Waals surface area (Å²) in [7, 11) is 2.95. The van der Waals surface area contributed by atoms with Gasteiger partial charge >= 0.3 is 5.97 Å². The molecule has 2 bridgehead atoms. The Morgan fingerprint density at radius 3 is 2.30 bits per heavy atom. The van der Waals surface area contributed by atoms with Gasteiger partial charge in [0.2, 0.25) is 5.79 Å². The average molecular weight is 986 g/mol. The molecule has 15 heteroatoms. The molecule has 0 spiro atoms. The molecule has 3 heterocycles. The number of hydrogen-bond donors (Lipinski definition) is 3. The van der Waals surface area contributed by atoms with E-state index < -0.39 is 83.9 Å². The molecule has 3 N–H and O–H groups in total. The van der Waals surface area contributed by atoms with Gasteiger partial charge in [-0.15, -0.1) is 0 Å². The molecule has 1 amide bonds. The van der Waals surface area contributed by atoms with Crippen molar-refractivity contribution < 1.29 is 67.7 Å². The van der Waals surface area contributed by atoms with Crippen molar-refractivity contribution in [3.8, 4) is 0 Å². The van der Waals surface area contributed by atoms with Gasteiger partial charge in [0, 0.05) is 58.0 Å². The summed E-state index contributed by atoms with van der Waals surface area (Å²) in [5.74, 6) is -8.09. The summed E-state index contributed by atoms with van der Waals surface area (Å²) in [6.07, 6.45) is 11.8. The first-order valence-corrected chi connectivity index (χ1v) is 26.1. The Balaban J connectivity index is 1.71. The molecule has 70 heavy (non-hydrogen) atoms. The Morgan fingerprint density at radius 1 is 0.857 bits per heavy atom. The lowest BCUT2D eigenvalue weighted by Crippen LogP contribution is -2.61. The molecular formula is C55H87NO14. The number of carbonyl (C=O) groups is 5. The van der Waals surface area contributed by atoms with Gasteiger partial charge < -0.3 is 48.6 Å². The maximum atomic E-state index is 14.5. The second-order valence-corrected chi connectivity index (χ2v) is 20.8. The highest BCUT2D eigenvalue weighted by Gasteiger charge is 2.53. The van der Waals surface area contributed by atoms with Gasteiger partial charge in [0.15, 0.2) is 5.78 Å². The third-order valence-electron chi connectivity index (χ3n) is 15.1. The predicted octanol–water partition coefficient (Wildman–Crippen LogP) is 6.98. The zero-order valence-corrected chi connectivity index (χ0v) is 43.8. The zero-order valence-electron chi connectivity index (χ0n) is 43.8. The van der Waals surface area contributed by atoms with Crippen LogP contribution in [0.3, 0.4) is 0 Å². The van der Waals surface area contributed by atoms with Crippen LogP contribution >= 0.6 is 0 Å². The molecule has 15 atom stereocenters. The first-order chi connectivity index (χ1) is 33.2. The van der Waals surface area contributed by atoms with Gasteiger partial charge in [0.05, 0.1) is 37.6 Å². The smallest absolute Gasteiger partial charge is 0.329 e. The third-order valence-corrected chi connectivity index (χ3v) is 15.1. The second kappa shape index (κ2) is 28.7. The first kappa shape index (κ1) is 59.2. The van der Waals surface area contributed by atoms with E-state index in [2.05, 4.69) is 0 Å². The number of aliphatic hydroxyl groups excluding tert-OH is 2. The summed E-state index contributed by atoms with van der Waals surface area (Å²) < 4.78 is 35.7. The van der Waals surface area contributed by atoms with Crippen molar-refractivity contribution in [1.82, 2.24) is 4.90 Å². The molecule has 2 saturated heterocycles. The molecule has 396 valence electrons. The van der Waals surface area contributed by atoms with Crippen molar-refractivity contribution in [2.24, 2.45) is 35.5 Å². The fourth-order valence-electron chi connectivity index (χ4n) is 10.5. The van der Waals surface area contributed by atoms with Crippen LogP contribution in [0.15, 0.2) is 47.6 Å². The van der Waals surface area contributed by atoms with E-state index in [0.29, 0.717) is 76.8 Å². The summed E-state index contributed by atoms with van der Waals surface area (Å²) in [5, 5.41) is 34.1. The number of nitrogens with zero attached hydrogens (tertiary/aromatic N) is 1. The topological polar surface area (TPSA) is 205 Å². The lowest BCUT2D eigenvalue weighted by Gasteiger charge is -2.43. The normalized spacial score (nSPS) is 38.4. The van der Waals surface area contributed by atoms with Crippen LogP contribution in [0.4, 0.5) is 0 Å². The van der Waals surface area contributed by atoms with E-state index in [1.54, 1.807) is 34.0 Å². The summed E-state index contributed by atoms with van der Waals surface area (Å²) in [6, 6.07) is -1.15. The molecule has 1 saturated carbocycles. The molecule has 0 unspecified atom stereocenters. The number of piperidine rings is 1. The lowest BCUT2D eigenvalue weighted by atomic mass is 9.78. The van der Waals surface area contributed by atoms with E-state index in [4.69, 9.17) is 28.4 Å². The quantitative estimate of drug-likeness (QED) is 0.0828. The van der Waals surface area contributed by atoms with E-state index in [1.807, 2.05) is 65.0 Å². The van der Waals surface area contributed by atoms with E-state index in [9.17, 15) is 39.3 Å². The number of fused-ring (bicyclic) bond motifs is 3. The van der Waals surface area contributed by atoms with Crippen LogP contribution in [-0.4, -0.2) is 145 Å². The van der Waals surface area contributed by atoms with E-state index in [1.165, 1.54) is 12.0 Å². The number of ether oxygens (including phenoxy) is 6. The molecule has 15 nitrogen and oxygen atoms in total.